The maximum absolute atomic E-state index is 11.3. The first kappa shape index (κ1) is 15.9. The van der Waals surface area contributed by atoms with Crippen molar-refractivity contribution < 1.29 is 14.3 Å². The normalized spacial score (nSPS) is 20.2. The highest BCUT2D eigenvalue weighted by Gasteiger charge is 2.35. The minimum Gasteiger partial charge on any atom is -0.430 e. The van der Waals surface area contributed by atoms with Crippen LogP contribution in [0.25, 0.3) is 22.8 Å². The third-order valence-electron chi connectivity index (χ3n) is 4.11. The monoisotopic (exact) mass is 398 g/mol. The Kier molecular flexibility index (Phi) is 3.84. The van der Waals surface area contributed by atoms with Gasteiger partial charge in [-0.1, -0.05) is 24.3 Å². The van der Waals surface area contributed by atoms with E-state index in [1.165, 1.54) is 0 Å². The Balaban J connectivity index is 1.88. The smallest absolute Gasteiger partial charge is 0.430 e. The second-order valence-corrected chi connectivity index (χ2v) is 6.82. The van der Waals surface area contributed by atoms with Crippen molar-refractivity contribution in [3.63, 3.8) is 0 Å². The van der Waals surface area contributed by atoms with Gasteiger partial charge in [-0.15, -0.1) is 0 Å². The highest BCUT2D eigenvalue weighted by atomic mass is 79.9. The summed E-state index contributed by atoms with van der Waals surface area (Å²) in [5.74, 6) is 0.814. The highest BCUT2D eigenvalue weighted by molar-refractivity contribution is 9.10. The van der Waals surface area contributed by atoms with Gasteiger partial charge in [0, 0.05) is 11.6 Å². The molecule has 1 atom stereocenters. The molecule has 1 aliphatic rings. The zero-order valence-corrected chi connectivity index (χ0v) is 15.1. The number of halogens is 1. The summed E-state index contributed by atoms with van der Waals surface area (Å²) < 4.78 is 13.2. The molecule has 3 aromatic rings. The number of nitrogens with zero attached hydrogens (tertiary/aromatic N) is 2. The predicted molar refractivity (Wildman–Crippen MR) is 98.6 cm³/mol. The number of carbonyl (C=O) groups is 1. The van der Waals surface area contributed by atoms with E-state index in [9.17, 15) is 4.79 Å². The number of carbonyl (C=O) groups excluding carboxylic acids is 1. The van der Waals surface area contributed by atoms with E-state index in [1.807, 2.05) is 55.5 Å². The molecule has 1 saturated heterocycles. The number of rotatable bonds is 3. The van der Waals surface area contributed by atoms with E-state index in [0.717, 1.165) is 26.9 Å². The van der Waals surface area contributed by atoms with Gasteiger partial charge in [0.15, 0.2) is 5.60 Å². The molecule has 126 valence electrons. The van der Waals surface area contributed by atoms with Gasteiger partial charge in [-0.25, -0.2) is 9.78 Å². The van der Waals surface area contributed by atoms with E-state index in [0.29, 0.717) is 0 Å². The molecule has 25 heavy (non-hydrogen) atoms. The number of ether oxygens (including phenoxy) is 2. The minimum atomic E-state index is -0.776. The summed E-state index contributed by atoms with van der Waals surface area (Å²) in [5.41, 5.74) is 1.18. The molecule has 5 nitrogen and oxygen atoms in total. The van der Waals surface area contributed by atoms with Crippen LogP contribution in [0, 0.1) is 0 Å². The van der Waals surface area contributed by atoms with E-state index < -0.39 is 11.8 Å². The Morgan fingerprint density at radius 1 is 1.24 bits per heavy atom. The van der Waals surface area contributed by atoms with Crippen LogP contribution in [-0.4, -0.2) is 27.9 Å². The van der Waals surface area contributed by atoms with Crippen molar-refractivity contribution in [2.75, 3.05) is 6.61 Å². The van der Waals surface area contributed by atoms with Crippen LogP contribution >= 0.6 is 15.9 Å². The zero-order chi connectivity index (χ0) is 17.4. The van der Waals surface area contributed by atoms with E-state index in [-0.39, 0.29) is 6.61 Å². The van der Waals surface area contributed by atoms with E-state index >= 15 is 0 Å². The quantitative estimate of drug-likeness (QED) is 0.598. The van der Waals surface area contributed by atoms with Gasteiger partial charge in [-0.2, -0.15) is 0 Å². The van der Waals surface area contributed by atoms with Crippen LogP contribution < -0.4 is 0 Å². The fraction of sp³-hybridized carbons (Fsp3) is 0.158. The molecule has 0 radical (unpaired) electrons. The number of aromatic nitrogens is 2. The lowest BCUT2D eigenvalue weighted by molar-refractivity contribution is 0.0995. The van der Waals surface area contributed by atoms with Gasteiger partial charge in [0.25, 0.3) is 0 Å². The molecule has 3 heterocycles. The van der Waals surface area contributed by atoms with Crippen molar-refractivity contribution in [3.05, 3.63) is 64.9 Å². The molecule has 0 N–H and O–H groups in total. The Hall–Kier alpha value is -2.60. The van der Waals surface area contributed by atoms with E-state index in [2.05, 4.69) is 31.5 Å². The summed E-state index contributed by atoms with van der Waals surface area (Å²) in [6.07, 6.45) is 4.90. The number of benzene rings is 1. The fourth-order valence-corrected chi connectivity index (χ4v) is 3.53. The van der Waals surface area contributed by atoms with Gasteiger partial charge in [0.05, 0.1) is 15.7 Å². The highest BCUT2D eigenvalue weighted by Crippen LogP contribution is 2.34. The van der Waals surface area contributed by atoms with Gasteiger partial charge < -0.3 is 9.47 Å². The Morgan fingerprint density at radius 2 is 2.04 bits per heavy atom. The second-order valence-electron chi connectivity index (χ2n) is 6.03. The summed E-state index contributed by atoms with van der Waals surface area (Å²) in [4.78, 5) is 15.7. The van der Waals surface area contributed by atoms with E-state index in [4.69, 9.17) is 9.47 Å². The van der Waals surface area contributed by atoms with Gasteiger partial charge in [0.1, 0.15) is 12.4 Å². The minimum absolute atomic E-state index is 0.198. The number of fused-ring (bicyclic) bond motifs is 1. The van der Waals surface area contributed by atoms with Crippen molar-refractivity contribution in [2.45, 2.75) is 12.5 Å². The average molecular weight is 399 g/mol. The van der Waals surface area contributed by atoms with Crippen LogP contribution in [-0.2, 0) is 9.47 Å². The standard InChI is InChI=1S/C19H15BrN2O3/c1-19(12-24-18(23)25-19)10-9-15-17(20)13-6-2-3-7-14(13)22(15)16-8-4-5-11-21-16/h2-11H,12H2,1H3/b10-9+. The second kappa shape index (κ2) is 6.04. The number of para-hydroxylation sites is 1. The van der Waals surface area contributed by atoms with Crippen molar-refractivity contribution >= 4 is 39.1 Å². The molecule has 1 aromatic carbocycles. The van der Waals surface area contributed by atoms with Crippen molar-refractivity contribution in [3.8, 4) is 5.82 Å². The van der Waals surface area contributed by atoms with Crippen molar-refractivity contribution in [2.24, 2.45) is 0 Å². The molecule has 0 amide bonds. The van der Waals surface area contributed by atoms with Gasteiger partial charge >= 0.3 is 6.16 Å². The molecule has 6 heteroatoms. The number of hydrogen-bond donors (Lipinski definition) is 0. The molecule has 0 spiro atoms. The van der Waals surface area contributed by atoms with Gasteiger partial charge in [0.2, 0.25) is 0 Å². The molecule has 2 aromatic heterocycles. The van der Waals surface area contributed by atoms with Crippen LogP contribution in [0.5, 0.6) is 0 Å². The molecule has 0 aliphatic carbocycles. The van der Waals surface area contributed by atoms with Crippen LogP contribution in [0.2, 0.25) is 0 Å². The first-order chi connectivity index (χ1) is 12.1. The molecule has 0 bridgehead atoms. The molecular formula is C19H15BrN2O3. The maximum Gasteiger partial charge on any atom is 0.509 e. The summed E-state index contributed by atoms with van der Waals surface area (Å²) >= 11 is 3.70. The average Bonchev–Trinajstić information content (AvgIpc) is 3.12. The van der Waals surface area contributed by atoms with Crippen LogP contribution in [0.15, 0.2) is 59.2 Å². The molecule has 1 unspecified atom stereocenters. The lowest BCUT2D eigenvalue weighted by atomic mass is 10.1. The zero-order valence-electron chi connectivity index (χ0n) is 13.5. The Morgan fingerprint density at radius 3 is 2.76 bits per heavy atom. The molecule has 1 fully saturated rings. The first-order valence-corrected chi connectivity index (χ1v) is 8.62. The molecule has 1 aliphatic heterocycles. The Bertz CT molecular complexity index is 981. The van der Waals surface area contributed by atoms with E-state index in [1.54, 1.807) is 6.20 Å². The Labute approximate surface area is 153 Å². The lowest BCUT2D eigenvalue weighted by Gasteiger charge is -2.14. The number of pyridine rings is 1. The largest absolute Gasteiger partial charge is 0.509 e. The lowest BCUT2D eigenvalue weighted by Crippen LogP contribution is -2.23. The fourth-order valence-electron chi connectivity index (χ4n) is 2.89. The summed E-state index contributed by atoms with van der Waals surface area (Å²) in [6.45, 7) is 2.01. The SMILES string of the molecule is CC1(/C=C/c2c(Br)c3ccccc3n2-c2ccccn2)COC(=O)O1. The molecular weight excluding hydrogens is 384 g/mol. The summed E-state index contributed by atoms with van der Waals surface area (Å²) in [7, 11) is 0. The van der Waals surface area contributed by atoms with Gasteiger partial charge in [-0.3, -0.25) is 4.57 Å². The number of cyclic esters (lactones) is 2. The van der Waals surface area contributed by atoms with Crippen molar-refractivity contribution in [1.82, 2.24) is 9.55 Å². The van der Waals surface area contributed by atoms with Gasteiger partial charge in [-0.05, 0) is 53.2 Å². The number of hydrogen-bond acceptors (Lipinski definition) is 4. The third kappa shape index (κ3) is 2.82. The maximum atomic E-state index is 11.3. The third-order valence-corrected chi connectivity index (χ3v) is 4.95. The van der Waals surface area contributed by atoms with Crippen molar-refractivity contribution in [1.29, 1.82) is 0 Å². The summed E-state index contributed by atoms with van der Waals surface area (Å²) in [6, 6.07) is 13.9. The topological polar surface area (TPSA) is 53.4 Å². The summed E-state index contributed by atoms with van der Waals surface area (Å²) in [5, 5.41) is 1.08. The molecule has 0 saturated carbocycles. The first-order valence-electron chi connectivity index (χ1n) is 7.83. The predicted octanol–water partition coefficient (Wildman–Crippen LogP) is 4.73. The van der Waals surface area contributed by atoms with Crippen LogP contribution in [0.4, 0.5) is 4.79 Å². The van der Waals surface area contributed by atoms with Crippen LogP contribution in [0.3, 0.4) is 0 Å². The van der Waals surface area contributed by atoms with Crippen LogP contribution in [0.1, 0.15) is 12.6 Å². The molecule has 4 rings (SSSR count).